The Balaban J connectivity index is 2.26. The van der Waals surface area contributed by atoms with E-state index in [1.54, 1.807) is 0 Å². The van der Waals surface area contributed by atoms with Crippen LogP contribution in [0.15, 0.2) is 36.5 Å². The van der Waals surface area contributed by atoms with Crippen molar-refractivity contribution < 1.29 is 52.5 Å². The van der Waals surface area contributed by atoms with Gasteiger partial charge in [-0.25, -0.2) is 4.57 Å². The van der Waals surface area contributed by atoms with Gasteiger partial charge in [0.05, 0.1) is 32.0 Å². The quantitative estimate of drug-likeness (QED) is 0.0177. The molecule has 1 rings (SSSR count). The van der Waals surface area contributed by atoms with Crippen molar-refractivity contribution in [2.45, 2.75) is 206 Å². The molecule has 0 radical (unpaired) electrons. The number of carbonyl (C=O) groups excluding carboxylic acids is 2. The summed E-state index contributed by atoms with van der Waals surface area (Å²) in [4.78, 5) is 35.0. The number of aliphatic hydroxyl groups excluding tert-OH is 2. The van der Waals surface area contributed by atoms with Crippen LogP contribution in [0.1, 0.15) is 181 Å². The summed E-state index contributed by atoms with van der Waals surface area (Å²) in [5, 5.41) is 18.3. The van der Waals surface area contributed by atoms with Crippen LogP contribution in [0.4, 0.5) is 0 Å². The van der Waals surface area contributed by atoms with E-state index in [-0.39, 0.29) is 19.4 Å². The predicted octanol–water partition coefficient (Wildman–Crippen LogP) is 10.8. The number of rotatable bonds is 40. The van der Waals surface area contributed by atoms with Crippen LogP contribution in [0.25, 0.3) is 0 Å². The number of esters is 2. The summed E-state index contributed by atoms with van der Waals surface area (Å²) in [7, 11) is -4.63. The highest BCUT2D eigenvalue weighted by Gasteiger charge is 2.36. The molecule has 0 amide bonds. The number of epoxide rings is 1. The third-order valence-corrected chi connectivity index (χ3v) is 10.9. The number of allylic oxidation sites excluding steroid dienone is 5. The lowest BCUT2D eigenvalue weighted by atomic mass is 10.0. The van der Waals surface area contributed by atoms with Crippen molar-refractivity contribution in [3.8, 4) is 0 Å². The molecule has 0 spiro atoms. The van der Waals surface area contributed by atoms with Gasteiger partial charge in [-0.3, -0.25) is 18.6 Å². The van der Waals surface area contributed by atoms with Crippen molar-refractivity contribution in [2.75, 3.05) is 26.4 Å². The van der Waals surface area contributed by atoms with Gasteiger partial charge >= 0.3 is 19.8 Å². The molecule has 3 unspecified atom stereocenters. The molecule has 0 saturated carbocycles. The van der Waals surface area contributed by atoms with E-state index in [9.17, 15) is 24.2 Å². The Morgan fingerprint density at radius 1 is 0.684 bits per heavy atom. The Labute approximate surface area is 346 Å². The minimum atomic E-state index is -4.63. The maximum Gasteiger partial charge on any atom is 0.472 e. The van der Waals surface area contributed by atoms with Crippen LogP contribution in [0, 0.1) is 5.92 Å². The van der Waals surface area contributed by atoms with Crippen LogP contribution in [-0.4, -0.2) is 77.9 Å². The third kappa shape index (κ3) is 34.7. The summed E-state index contributed by atoms with van der Waals surface area (Å²) in [6, 6.07) is 0. The van der Waals surface area contributed by atoms with Crippen molar-refractivity contribution in [2.24, 2.45) is 5.92 Å². The first-order chi connectivity index (χ1) is 27.6. The first kappa shape index (κ1) is 53.2. The molecule has 332 valence electrons. The highest BCUT2D eigenvalue weighted by atomic mass is 31.2. The Bertz CT molecular complexity index is 1120. The van der Waals surface area contributed by atoms with E-state index in [4.69, 9.17) is 23.8 Å². The van der Waals surface area contributed by atoms with Gasteiger partial charge in [-0.1, -0.05) is 160 Å². The highest BCUT2D eigenvalue weighted by molar-refractivity contribution is 7.47. The molecule has 1 saturated heterocycles. The fraction of sp³-hybridized carbons (Fsp3) is 0.822. The largest absolute Gasteiger partial charge is 0.472 e. The second-order valence-corrected chi connectivity index (χ2v) is 17.4. The van der Waals surface area contributed by atoms with Crippen LogP contribution in [0.5, 0.6) is 0 Å². The van der Waals surface area contributed by atoms with Crippen molar-refractivity contribution in [1.29, 1.82) is 0 Å². The maximum atomic E-state index is 12.6. The summed E-state index contributed by atoms with van der Waals surface area (Å²) in [5.41, 5.74) is 0. The number of carbonyl (C=O) groups is 2. The van der Waals surface area contributed by atoms with Crippen LogP contribution in [-0.2, 0) is 37.4 Å². The Kier molecular flexibility index (Phi) is 33.6. The SMILES string of the molecule is CCCCCC1OC1C/C=C\C/C=C\C/C=C\CCCC(=O)OC[C@H](COP(=O)(O)OC[C@@H](O)CO)OC(=O)CCCCCCCCCCCCCCCC(C)C. The summed E-state index contributed by atoms with van der Waals surface area (Å²) in [6.45, 7) is 4.62. The number of phosphoric acid groups is 1. The van der Waals surface area contributed by atoms with Gasteiger partial charge in [-0.15, -0.1) is 0 Å². The number of hydrogen-bond acceptors (Lipinski definition) is 10. The molecule has 11 nitrogen and oxygen atoms in total. The highest BCUT2D eigenvalue weighted by Crippen LogP contribution is 2.43. The average Bonchev–Trinajstić information content (AvgIpc) is 3.94. The van der Waals surface area contributed by atoms with Crippen molar-refractivity contribution in [1.82, 2.24) is 0 Å². The fourth-order valence-electron chi connectivity index (χ4n) is 6.32. The van der Waals surface area contributed by atoms with Gasteiger partial charge in [-0.05, 0) is 50.9 Å². The van der Waals surface area contributed by atoms with Crippen molar-refractivity contribution >= 4 is 19.8 Å². The molecular weight excluding hydrogens is 747 g/mol. The Morgan fingerprint density at radius 2 is 1.25 bits per heavy atom. The van der Waals surface area contributed by atoms with Gasteiger partial charge in [-0.2, -0.15) is 0 Å². The lowest BCUT2D eigenvalue weighted by Gasteiger charge is -2.20. The monoisotopic (exact) mass is 829 g/mol. The van der Waals surface area contributed by atoms with E-state index in [0.29, 0.717) is 31.5 Å². The Morgan fingerprint density at radius 3 is 1.86 bits per heavy atom. The zero-order valence-electron chi connectivity index (χ0n) is 35.9. The molecule has 5 atom stereocenters. The third-order valence-electron chi connectivity index (χ3n) is 9.90. The van der Waals surface area contributed by atoms with Gasteiger partial charge in [0.2, 0.25) is 0 Å². The molecule has 1 aliphatic heterocycles. The van der Waals surface area contributed by atoms with E-state index < -0.39 is 51.8 Å². The Hall–Kier alpha value is -1.85. The molecule has 57 heavy (non-hydrogen) atoms. The molecular formula is C45H81O11P. The van der Waals surface area contributed by atoms with Gasteiger partial charge in [0, 0.05) is 12.8 Å². The van der Waals surface area contributed by atoms with Crippen molar-refractivity contribution in [3.63, 3.8) is 0 Å². The molecule has 12 heteroatoms. The number of phosphoric ester groups is 1. The number of aliphatic hydroxyl groups is 2. The summed E-state index contributed by atoms with van der Waals surface area (Å²) < 4.78 is 38.4. The number of unbranched alkanes of at least 4 members (excludes halogenated alkanes) is 15. The smallest absolute Gasteiger partial charge is 0.462 e. The van der Waals surface area contributed by atoms with E-state index in [2.05, 4.69) is 55.7 Å². The molecule has 1 heterocycles. The van der Waals surface area contributed by atoms with Crippen LogP contribution >= 0.6 is 7.82 Å². The molecule has 1 aliphatic rings. The summed E-state index contributed by atoms with van der Waals surface area (Å²) >= 11 is 0. The lowest BCUT2D eigenvalue weighted by Crippen LogP contribution is -2.29. The second-order valence-electron chi connectivity index (χ2n) is 15.9. The van der Waals surface area contributed by atoms with Crippen LogP contribution < -0.4 is 0 Å². The van der Waals surface area contributed by atoms with Crippen LogP contribution in [0.3, 0.4) is 0 Å². The van der Waals surface area contributed by atoms with Gasteiger partial charge < -0.3 is 29.3 Å². The maximum absolute atomic E-state index is 12.6. The molecule has 0 aromatic carbocycles. The summed E-state index contributed by atoms with van der Waals surface area (Å²) in [6.07, 6.45) is 37.2. The van der Waals surface area contributed by atoms with E-state index >= 15 is 0 Å². The molecule has 0 aromatic heterocycles. The van der Waals surface area contributed by atoms with E-state index in [1.165, 1.54) is 89.9 Å². The lowest BCUT2D eigenvalue weighted by molar-refractivity contribution is -0.161. The van der Waals surface area contributed by atoms with E-state index in [1.807, 2.05) is 6.08 Å². The van der Waals surface area contributed by atoms with Gasteiger partial charge in [0.25, 0.3) is 0 Å². The fourth-order valence-corrected chi connectivity index (χ4v) is 7.11. The minimum absolute atomic E-state index is 0.163. The number of ether oxygens (including phenoxy) is 3. The first-order valence-corrected chi connectivity index (χ1v) is 23.9. The summed E-state index contributed by atoms with van der Waals surface area (Å²) in [5.74, 6) is -0.181. The molecule has 1 fully saturated rings. The zero-order chi connectivity index (χ0) is 41.8. The van der Waals surface area contributed by atoms with Crippen molar-refractivity contribution in [3.05, 3.63) is 36.5 Å². The molecule has 0 aromatic rings. The van der Waals surface area contributed by atoms with Gasteiger partial charge in [0.1, 0.15) is 12.7 Å². The molecule has 3 N–H and O–H groups in total. The molecule has 0 aliphatic carbocycles. The minimum Gasteiger partial charge on any atom is -0.462 e. The van der Waals surface area contributed by atoms with E-state index in [0.717, 1.165) is 44.4 Å². The first-order valence-electron chi connectivity index (χ1n) is 22.4. The van der Waals surface area contributed by atoms with Crippen LogP contribution in [0.2, 0.25) is 0 Å². The second kappa shape index (κ2) is 36.0. The molecule has 0 bridgehead atoms. The average molecular weight is 829 g/mol. The topological polar surface area (TPSA) is 161 Å². The predicted molar refractivity (Wildman–Crippen MR) is 228 cm³/mol. The van der Waals surface area contributed by atoms with Gasteiger partial charge in [0.15, 0.2) is 6.10 Å². The number of hydrogen-bond donors (Lipinski definition) is 3. The standard InChI is InChI=1S/C45H81O11P/c1-4-5-25-31-42-43(56-42)32-27-22-18-14-11-12-15-19-23-28-33-44(48)52-37-41(38-54-57(50,51)53-36-40(47)35-46)55-45(49)34-29-24-20-16-10-8-6-7-9-13-17-21-26-30-39(2)3/h11,14-15,19,22,27,39-43,46-47H,4-10,12-13,16-18,20-21,23-26,28-38H2,1-3H3,(H,50,51)/b14-11-,19-15-,27-22-/t40-,41+,42?,43?/m0/s1. The normalized spacial score (nSPS) is 17.8. The zero-order valence-corrected chi connectivity index (χ0v) is 36.8.